The zero-order valence-electron chi connectivity index (χ0n) is 18.6. The molecule has 0 radical (unpaired) electrons. The quantitative estimate of drug-likeness (QED) is 0.472. The molecule has 0 aliphatic carbocycles. The number of ether oxygens (including phenoxy) is 1. The second kappa shape index (κ2) is 9.80. The highest BCUT2D eigenvalue weighted by Crippen LogP contribution is 2.30. The van der Waals surface area contributed by atoms with Crippen molar-refractivity contribution in [3.05, 3.63) is 94.7 Å². The van der Waals surface area contributed by atoms with Crippen LogP contribution >= 0.6 is 11.6 Å². The fourth-order valence-electron chi connectivity index (χ4n) is 3.52. The van der Waals surface area contributed by atoms with Crippen LogP contribution in [0.5, 0.6) is 5.75 Å². The number of hydrogen-bond acceptors (Lipinski definition) is 5. The first-order valence-electron chi connectivity index (χ1n) is 10.6. The van der Waals surface area contributed by atoms with E-state index in [1.165, 1.54) is 7.11 Å². The fraction of sp³-hybridized carbons (Fsp3) is 0.115. The summed E-state index contributed by atoms with van der Waals surface area (Å²) in [6.07, 6.45) is 0.848. The molecule has 0 atom stereocenters. The molecule has 34 heavy (non-hydrogen) atoms. The number of aryl methyl sites for hydroxylation is 1. The minimum absolute atomic E-state index is 0.0162. The lowest BCUT2D eigenvalue weighted by Crippen LogP contribution is -2.32. The fourth-order valence-corrected chi connectivity index (χ4v) is 3.73. The second-order valence-corrected chi connectivity index (χ2v) is 7.89. The lowest BCUT2D eigenvalue weighted by Gasteiger charge is -2.15. The number of amides is 3. The Balaban J connectivity index is 1.47. The van der Waals surface area contributed by atoms with Crippen molar-refractivity contribution in [2.45, 2.75) is 13.3 Å². The molecule has 1 heterocycles. The van der Waals surface area contributed by atoms with Gasteiger partial charge >= 0.3 is 0 Å². The SMILES string of the molecule is CCc1ccc(N2C(=O)C(Cl)=C(Nc3ccc(C(=O)Nc4ccccc4OC)cc3)C2=O)cc1. The Kier molecular flexibility index (Phi) is 6.65. The smallest absolute Gasteiger partial charge is 0.283 e. The number of anilines is 3. The van der Waals surface area contributed by atoms with Crippen LogP contribution in [0, 0.1) is 0 Å². The van der Waals surface area contributed by atoms with Crippen molar-refractivity contribution in [1.82, 2.24) is 0 Å². The zero-order chi connectivity index (χ0) is 24.2. The third kappa shape index (κ3) is 4.51. The summed E-state index contributed by atoms with van der Waals surface area (Å²) < 4.78 is 5.25. The summed E-state index contributed by atoms with van der Waals surface area (Å²) >= 11 is 6.21. The van der Waals surface area contributed by atoms with Crippen LogP contribution in [-0.2, 0) is 16.0 Å². The number of carbonyl (C=O) groups excluding carboxylic acids is 3. The van der Waals surface area contributed by atoms with Gasteiger partial charge in [-0.05, 0) is 60.5 Å². The molecule has 7 nitrogen and oxygen atoms in total. The second-order valence-electron chi connectivity index (χ2n) is 7.51. The molecule has 3 aromatic carbocycles. The molecule has 4 rings (SSSR count). The van der Waals surface area contributed by atoms with E-state index >= 15 is 0 Å². The number of methoxy groups -OCH3 is 1. The average Bonchev–Trinajstić information content (AvgIpc) is 3.07. The highest BCUT2D eigenvalue weighted by Gasteiger charge is 2.38. The standard InChI is InChI=1S/C26H22ClN3O4/c1-3-16-8-14-19(15-9-16)30-25(32)22(27)23(26(30)33)28-18-12-10-17(11-13-18)24(31)29-20-6-4-5-7-21(20)34-2/h4-15,28H,3H2,1-2H3,(H,29,31). The number of imide groups is 1. The van der Waals surface area contributed by atoms with Crippen molar-refractivity contribution >= 4 is 46.4 Å². The topological polar surface area (TPSA) is 87.7 Å². The largest absolute Gasteiger partial charge is 0.495 e. The van der Waals surface area contributed by atoms with E-state index in [1.54, 1.807) is 54.6 Å². The van der Waals surface area contributed by atoms with Gasteiger partial charge in [0.15, 0.2) is 0 Å². The maximum Gasteiger partial charge on any atom is 0.283 e. The van der Waals surface area contributed by atoms with E-state index in [9.17, 15) is 14.4 Å². The summed E-state index contributed by atoms with van der Waals surface area (Å²) in [4.78, 5) is 39.2. The minimum atomic E-state index is -0.591. The van der Waals surface area contributed by atoms with E-state index in [0.717, 1.165) is 16.9 Å². The number of nitrogens with one attached hydrogen (secondary N) is 2. The van der Waals surface area contributed by atoms with Gasteiger partial charge in [-0.1, -0.05) is 42.8 Å². The molecule has 172 valence electrons. The first kappa shape index (κ1) is 23.1. The molecule has 0 fully saturated rings. The van der Waals surface area contributed by atoms with Crippen LogP contribution in [0.2, 0.25) is 0 Å². The van der Waals surface area contributed by atoms with E-state index < -0.39 is 11.8 Å². The number of rotatable bonds is 7. The summed E-state index contributed by atoms with van der Waals surface area (Å²) in [5.74, 6) is -0.903. The lowest BCUT2D eigenvalue weighted by atomic mass is 10.1. The van der Waals surface area contributed by atoms with E-state index in [0.29, 0.717) is 28.4 Å². The maximum atomic E-state index is 12.9. The van der Waals surface area contributed by atoms with Crippen molar-refractivity contribution in [1.29, 1.82) is 0 Å². The molecule has 0 spiro atoms. The molecule has 0 unspecified atom stereocenters. The minimum Gasteiger partial charge on any atom is -0.495 e. The summed E-state index contributed by atoms with van der Waals surface area (Å²) in [5, 5.41) is 5.52. The molecule has 3 amide bonds. The normalized spacial score (nSPS) is 13.3. The van der Waals surface area contributed by atoms with Crippen LogP contribution in [0.15, 0.2) is 83.5 Å². The average molecular weight is 476 g/mol. The van der Waals surface area contributed by atoms with Crippen LogP contribution < -0.4 is 20.3 Å². The van der Waals surface area contributed by atoms with Gasteiger partial charge in [-0.25, -0.2) is 4.90 Å². The monoisotopic (exact) mass is 475 g/mol. The number of benzene rings is 3. The van der Waals surface area contributed by atoms with Crippen LogP contribution in [0.25, 0.3) is 0 Å². The first-order chi connectivity index (χ1) is 16.4. The third-order valence-corrected chi connectivity index (χ3v) is 5.75. The Morgan fingerprint density at radius 3 is 2.26 bits per heavy atom. The molecule has 0 bridgehead atoms. The summed E-state index contributed by atoms with van der Waals surface area (Å²) in [7, 11) is 1.53. The lowest BCUT2D eigenvalue weighted by molar-refractivity contribution is -0.120. The van der Waals surface area contributed by atoms with Gasteiger partial charge in [-0.3, -0.25) is 14.4 Å². The Morgan fingerprint density at radius 1 is 0.941 bits per heavy atom. The van der Waals surface area contributed by atoms with Gasteiger partial charge in [0.1, 0.15) is 16.5 Å². The Hall–Kier alpha value is -4.10. The predicted octanol–water partition coefficient (Wildman–Crippen LogP) is 4.95. The number of nitrogens with zero attached hydrogens (tertiary/aromatic N) is 1. The molecule has 1 aliphatic heterocycles. The molecule has 0 saturated carbocycles. The summed E-state index contributed by atoms with van der Waals surface area (Å²) in [5.41, 5.74) is 2.99. The van der Waals surface area contributed by atoms with Crippen LogP contribution in [0.3, 0.4) is 0 Å². The Bertz CT molecular complexity index is 1280. The number of para-hydroxylation sites is 2. The Morgan fingerprint density at radius 2 is 1.62 bits per heavy atom. The number of halogens is 1. The molecular weight excluding hydrogens is 454 g/mol. The van der Waals surface area contributed by atoms with Gasteiger partial charge < -0.3 is 15.4 Å². The van der Waals surface area contributed by atoms with E-state index in [2.05, 4.69) is 10.6 Å². The molecule has 1 aliphatic rings. The van der Waals surface area contributed by atoms with Crippen LogP contribution in [-0.4, -0.2) is 24.8 Å². The number of hydrogen-bond donors (Lipinski definition) is 2. The van der Waals surface area contributed by atoms with Crippen molar-refractivity contribution < 1.29 is 19.1 Å². The zero-order valence-corrected chi connectivity index (χ0v) is 19.3. The van der Waals surface area contributed by atoms with Crippen LogP contribution in [0.4, 0.5) is 17.1 Å². The van der Waals surface area contributed by atoms with E-state index in [1.807, 2.05) is 25.1 Å². The van der Waals surface area contributed by atoms with E-state index in [4.69, 9.17) is 16.3 Å². The van der Waals surface area contributed by atoms with Crippen molar-refractivity contribution in [2.75, 3.05) is 22.6 Å². The van der Waals surface area contributed by atoms with Crippen molar-refractivity contribution in [3.63, 3.8) is 0 Å². The highest BCUT2D eigenvalue weighted by atomic mass is 35.5. The van der Waals surface area contributed by atoms with Gasteiger partial charge in [0.2, 0.25) is 0 Å². The summed E-state index contributed by atoms with van der Waals surface area (Å²) in [6.45, 7) is 2.02. The molecule has 2 N–H and O–H groups in total. The number of carbonyl (C=O) groups is 3. The van der Waals surface area contributed by atoms with Gasteiger partial charge in [0, 0.05) is 11.3 Å². The maximum absolute atomic E-state index is 12.9. The van der Waals surface area contributed by atoms with E-state index in [-0.39, 0.29) is 16.6 Å². The highest BCUT2D eigenvalue weighted by molar-refractivity contribution is 6.53. The summed E-state index contributed by atoms with van der Waals surface area (Å²) in [6, 6.07) is 20.7. The van der Waals surface area contributed by atoms with Gasteiger partial charge in [0.05, 0.1) is 18.5 Å². The molecular formula is C26H22ClN3O4. The van der Waals surface area contributed by atoms with Crippen molar-refractivity contribution in [3.8, 4) is 5.75 Å². The van der Waals surface area contributed by atoms with Crippen molar-refractivity contribution in [2.24, 2.45) is 0 Å². The van der Waals surface area contributed by atoms with Gasteiger partial charge in [-0.15, -0.1) is 0 Å². The molecule has 3 aromatic rings. The Labute approximate surface area is 202 Å². The third-order valence-electron chi connectivity index (χ3n) is 5.40. The van der Waals surface area contributed by atoms with Gasteiger partial charge in [-0.2, -0.15) is 0 Å². The van der Waals surface area contributed by atoms with Gasteiger partial charge in [0.25, 0.3) is 17.7 Å². The van der Waals surface area contributed by atoms with Crippen LogP contribution in [0.1, 0.15) is 22.8 Å². The first-order valence-corrected chi connectivity index (χ1v) is 11.0. The predicted molar refractivity (Wildman–Crippen MR) is 132 cm³/mol. The molecule has 8 heteroatoms. The molecule has 0 saturated heterocycles. The molecule has 0 aromatic heterocycles.